The number of benzene rings is 4. The van der Waals surface area contributed by atoms with Gasteiger partial charge in [0.2, 0.25) is 0 Å². The van der Waals surface area contributed by atoms with Crippen LogP contribution in [0.2, 0.25) is 39.3 Å². The lowest BCUT2D eigenvalue weighted by atomic mass is 10.00. The van der Waals surface area contributed by atoms with E-state index in [-0.39, 0.29) is 0 Å². The van der Waals surface area contributed by atoms with Gasteiger partial charge in [0.1, 0.15) is 16.1 Å². The van der Waals surface area contributed by atoms with E-state index in [4.69, 9.17) is 0 Å². The first-order valence-electron chi connectivity index (χ1n) is 12.9. The van der Waals surface area contributed by atoms with Crippen molar-refractivity contribution in [3.05, 3.63) is 102 Å². The number of para-hydroxylation sites is 2. The van der Waals surface area contributed by atoms with Crippen LogP contribution in [0.4, 0.5) is 0 Å². The topological polar surface area (TPSA) is 4.93 Å². The minimum absolute atomic E-state index is 1.05. The predicted molar refractivity (Wildman–Crippen MR) is 167 cm³/mol. The van der Waals surface area contributed by atoms with Crippen molar-refractivity contribution in [3.63, 3.8) is 0 Å². The smallest absolute Gasteiger partial charge is 0.129 e. The summed E-state index contributed by atoms with van der Waals surface area (Å²) >= 11 is 0. The van der Waals surface area contributed by atoms with Gasteiger partial charge in [-0.05, 0) is 53.6 Å². The van der Waals surface area contributed by atoms with Gasteiger partial charge >= 0.3 is 0 Å². The standard InChI is InChI=1S/C34H33NSi2/c1-36(2,3)21-19-26-23-27(20-22-37(4,5)6)25-29(24-26)28-15-17-30(18-16-28)35-33-13-9-7-11-31(33)32-12-8-10-14-34(32)35/h7-18,23-25H,1-6H3. The second-order valence-corrected chi connectivity index (χ2v) is 21.2. The van der Waals surface area contributed by atoms with Gasteiger partial charge in [-0.1, -0.05) is 99.7 Å². The molecule has 0 saturated heterocycles. The van der Waals surface area contributed by atoms with Crippen molar-refractivity contribution in [3.8, 4) is 39.7 Å². The normalized spacial score (nSPS) is 11.6. The lowest BCUT2D eigenvalue weighted by Crippen LogP contribution is -2.16. The van der Waals surface area contributed by atoms with E-state index in [0.717, 1.165) is 22.4 Å². The average molecular weight is 512 g/mol. The molecule has 0 aliphatic carbocycles. The third-order valence-electron chi connectivity index (χ3n) is 6.14. The van der Waals surface area contributed by atoms with Crippen LogP contribution in [0.15, 0.2) is 91.0 Å². The highest BCUT2D eigenvalue weighted by atomic mass is 28.3. The number of rotatable bonds is 2. The Morgan fingerprint density at radius 3 is 1.43 bits per heavy atom. The van der Waals surface area contributed by atoms with E-state index < -0.39 is 16.1 Å². The molecular formula is C34H33NSi2. The van der Waals surface area contributed by atoms with Crippen molar-refractivity contribution in [1.29, 1.82) is 0 Å². The molecule has 5 rings (SSSR count). The Kier molecular flexibility index (Phi) is 6.46. The molecule has 1 aromatic heterocycles. The van der Waals surface area contributed by atoms with Gasteiger partial charge < -0.3 is 4.57 Å². The van der Waals surface area contributed by atoms with Crippen LogP contribution in [0, 0.1) is 22.9 Å². The van der Waals surface area contributed by atoms with Gasteiger partial charge in [0.25, 0.3) is 0 Å². The number of nitrogens with zero attached hydrogens (tertiary/aromatic N) is 1. The molecule has 37 heavy (non-hydrogen) atoms. The van der Waals surface area contributed by atoms with E-state index in [1.54, 1.807) is 0 Å². The second kappa shape index (κ2) is 9.60. The van der Waals surface area contributed by atoms with Crippen LogP contribution in [-0.2, 0) is 0 Å². The highest BCUT2D eigenvalue weighted by Crippen LogP contribution is 2.32. The van der Waals surface area contributed by atoms with Crippen LogP contribution >= 0.6 is 0 Å². The Labute approximate surface area is 223 Å². The van der Waals surface area contributed by atoms with Crippen molar-refractivity contribution in [1.82, 2.24) is 4.57 Å². The van der Waals surface area contributed by atoms with Gasteiger partial charge in [-0.15, -0.1) is 11.1 Å². The van der Waals surface area contributed by atoms with Gasteiger partial charge in [-0.3, -0.25) is 0 Å². The van der Waals surface area contributed by atoms with E-state index in [2.05, 4.69) is 158 Å². The van der Waals surface area contributed by atoms with E-state index in [1.807, 2.05) is 0 Å². The van der Waals surface area contributed by atoms with Crippen molar-refractivity contribution >= 4 is 38.0 Å². The molecule has 0 aliphatic rings. The Balaban J connectivity index is 1.61. The lowest BCUT2D eigenvalue weighted by Gasteiger charge is -2.10. The van der Waals surface area contributed by atoms with E-state index >= 15 is 0 Å². The molecule has 0 amide bonds. The minimum Gasteiger partial charge on any atom is -0.309 e. The van der Waals surface area contributed by atoms with E-state index in [0.29, 0.717) is 0 Å². The SMILES string of the molecule is C[Si](C)(C)C#Cc1cc(C#C[Si](C)(C)C)cc(-c2ccc(-n3c4ccccc4c4ccccc43)cc2)c1. The summed E-state index contributed by atoms with van der Waals surface area (Å²) in [5, 5.41) is 2.56. The first-order chi connectivity index (χ1) is 17.6. The maximum absolute atomic E-state index is 3.52. The van der Waals surface area contributed by atoms with Crippen LogP contribution < -0.4 is 0 Å². The maximum Gasteiger partial charge on any atom is 0.129 e. The summed E-state index contributed by atoms with van der Waals surface area (Å²) in [6.45, 7) is 13.7. The molecule has 0 saturated carbocycles. The average Bonchev–Trinajstić information content (AvgIpc) is 3.20. The molecule has 4 aromatic carbocycles. The number of aromatic nitrogens is 1. The van der Waals surface area contributed by atoms with Gasteiger partial charge in [0, 0.05) is 27.6 Å². The molecule has 0 atom stereocenters. The molecule has 3 heteroatoms. The summed E-state index contributed by atoms with van der Waals surface area (Å²) in [5.74, 6) is 6.91. The van der Waals surface area contributed by atoms with Crippen molar-refractivity contribution < 1.29 is 0 Å². The Morgan fingerprint density at radius 2 is 0.973 bits per heavy atom. The highest BCUT2D eigenvalue weighted by molar-refractivity contribution is 6.84. The molecule has 1 heterocycles. The monoisotopic (exact) mass is 511 g/mol. The van der Waals surface area contributed by atoms with E-state index in [9.17, 15) is 0 Å². The fraction of sp³-hybridized carbons (Fsp3) is 0.176. The molecule has 0 bridgehead atoms. The molecule has 182 valence electrons. The predicted octanol–water partition coefficient (Wildman–Crippen LogP) is 8.91. The maximum atomic E-state index is 3.52. The molecule has 0 radical (unpaired) electrons. The zero-order valence-corrected chi connectivity index (χ0v) is 24.6. The van der Waals surface area contributed by atoms with Gasteiger partial charge in [-0.25, -0.2) is 0 Å². The van der Waals surface area contributed by atoms with Crippen LogP contribution in [0.1, 0.15) is 11.1 Å². The summed E-state index contributed by atoms with van der Waals surface area (Å²) in [7, 11) is -2.96. The molecule has 5 aromatic rings. The molecular weight excluding hydrogens is 479 g/mol. The highest BCUT2D eigenvalue weighted by Gasteiger charge is 2.12. The van der Waals surface area contributed by atoms with Crippen molar-refractivity contribution in [2.45, 2.75) is 39.3 Å². The van der Waals surface area contributed by atoms with Crippen LogP contribution in [0.3, 0.4) is 0 Å². The fourth-order valence-electron chi connectivity index (χ4n) is 4.46. The molecule has 0 N–H and O–H groups in total. The second-order valence-electron chi connectivity index (χ2n) is 11.7. The summed E-state index contributed by atoms with van der Waals surface area (Å²) in [6, 6.07) is 32.7. The first-order valence-corrected chi connectivity index (χ1v) is 19.9. The van der Waals surface area contributed by atoms with Crippen molar-refractivity contribution in [2.75, 3.05) is 0 Å². The number of fused-ring (bicyclic) bond motifs is 3. The van der Waals surface area contributed by atoms with Gasteiger partial charge in [-0.2, -0.15) is 0 Å². The quantitative estimate of drug-likeness (QED) is 0.165. The summed E-state index contributed by atoms with van der Waals surface area (Å²) in [5.41, 5.74) is 15.1. The lowest BCUT2D eigenvalue weighted by molar-refractivity contribution is 1.18. The molecule has 0 unspecified atom stereocenters. The fourth-order valence-corrected chi connectivity index (χ4v) is 5.50. The molecule has 0 aliphatic heterocycles. The first kappa shape index (κ1) is 24.9. The Hall–Kier alpha value is -3.77. The van der Waals surface area contributed by atoms with Crippen LogP contribution in [-0.4, -0.2) is 20.7 Å². The van der Waals surface area contributed by atoms with Gasteiger partial charge in [0.15, 0.2) is 0 Å². The summed E-state index contributed by atoms with van der Waals surface area (Å²) in [6.07, 6.45) is 0. The summed E-state index contributed by atoms with van der Waals surface area (Å²) in [4.78, 5) is 0. The largest absolute Gasteiger partial charge is 0.309 e. The molecule has 0 spiro atoms. The van der Waals surface area contributed by atoms with Crippen molar-refractivity contribution in [2.24, 2.45) is 0 Å². The minimum atomic E-state index is -1.48. The van der Waals surface area contributed by atoms with Gasteiger partial charge in [0.05, 0.1) is 11.0 Å². The third-order valence-corrected chi connectivity index (χ3v) is 7.89. The van der Waals surface area contributed by atoms with E-state index in [1.165, 1.54) is 27.4 Å². The molecule has 0 fully saturated rings. The number of hydrogen-bond acceptors (Lipinski definition) is 0. The van der Waals surface area contributed by atoms with Crippen LogP contribution in [0.5, 0.6) is 0 Å². The summed E-state index contributed by atoms with van der Waals surface area (Å²) < 4.78 is 2.36. The van der Waals surface area contributed by atoms with Crippen LogP contribution in [0.25, 0.3) is 38.6 Å². The molecule has 1 nitrogen and oxygen atoms in total. The zero-order valence-electron chi connectivity index (χ0n) is 22.6. The zero-order chi connectivity index (χ0) is 26.2. The number of hydrogen-bond donors (Lipinski definition) is 0. The Bertz CT molecular complexity index is 1630. The Morgan fingerprint density at radius 1 is 0.514 bits per heavy atom. The third kappa shape index (κ3) is 5.65.